The number of esters is 1. The molecule has 8 nitrogen and oxygen atoms in total. The van der Waals surface area contributed by atoms with Crippen LogP contribution in [-0.4, -0.2) is 69.5 Å². The first-order chi connectivity index (χ1) is 15.0. The van der Waals surface area contributed by atoms with E-state index in [4.69, 9.17) is 4.74 Å². The van der Waals surface area contributed by atoms with Crippen LogP contribution in [0, 0.1) is 6.92 Å². The highest BCUT2D eigenvalue weighted by atomic mass is 16.5. The normalized spacial score (nSPS) is 22.3. The molecule has 2 aromatic rings. The summed E-state index contributed by atoms with van der Waals surface area (Å²) < 4.78 is 6.46. The molecule has 2 aliphatic heterocycles. The zero-order chi connectivity index (χ0) is 21.8. The van der Waals surface area contributed by atoms with E-state index in [0.29, 0.717) is 19.5 Å². The maximum atomic E-state index is 13.5. The minimum Gasteiger partial charge on any atom is -0.464 e. The molecule has 0 spiro atoms. The van der Waals surface area contributed by atoms with E-state index >= 15 is 0 Å². The average Bonchev–Trinajstić information content (AvgIpc) is 3.34. The van der Waals surface area contributed by atoms with Gasteiger partial charge in [0.25, 0.3) is 0 Å². The van der Waals surface area contributed by atoms with Gasteiger partial charge in [0.2, 0.25) is 5.91 Å². The van der Waals surface area contributed by atoms with Crippen LogP contribution in [-0.2, 0) is 16.1 Å². The van der Waals surface area contributed by atoms with Gasteiger partial charge in [-0.2, -0.15) is 0 Å². The van der Waals surface area contributed by atoms with Crippen molar-refractivity contribution in [2.45, 2.75) is 57.7 Å². The monoisotopic (exact) mass is 425 g/mol. The second-order valence-electron chi connectivity index (χ2n) is 8.64. The number of ether oxygens (including phenoxy) is 1. The molecule has 2 fully saturated rings. The number of aryl methyl sites for hydroxylation is 1. The van der Waals surface area contributed by atoms with E-state index in [2.05, 4.69) is 46.4 Å². The van der Waals surface area contributed by atoms with Gasteiger partial charge < -0.3 is 9.64 Å². The van der Waals surface area contributed by atoms with Gasteiger partial charge in [0, 0.05) is 26.2 Å². The lowest BCUT2D eigenvalue weighted by Gasteiger charge is -2.29. The summed E-state index contributed by atoms with van der Waals surface area (Å²) in [5, 5.41) is 8.10. The molecule has 1 aromatic heterocycles. The second kappa shape index (κ2) is 9.60. The van der Waals surface area contributed by atoms with Crippen molar-refractivity contribution >= 4 is 11.9 Å². The molecule has 0 bridgehead atoms. The smallest absolute Gasteiger partial charge is 0.360 e. The molecule has 0 aliphatic carbocycles. The van der Waals surface area contributed by atoms with Gasteiger partial charge in [-0.25, -0.2) is 9.48 Å². The third kappa shape index (κ3) is 4.95. The van der Waals surface area contributed by atoms with E-state index in [9.17, 15) is 9.59 Å². The van der Waals surface area contributed by atoms with E-state index in [1.54, 1.807) is 10.9 Å². The summed E-state index contributed by atoms with van der Waals surface area (Å²) in [6.07, 6.45) is 6.82. The largest absolute Gasteiger partial charge is 0.464 e. The topological polar surface area (TPSA) is 80.6 Å². The lowest BCUT2D eigenvalue weighted by molar-refractivity contribution is -0.136. The van der Waals surface area contributed by atoms with Crippen LogP contribution in [0.2, 0.25) is 0 Å². The molecule has 1 amide bonds. The first-order valence-corrected chi connectivity index (χ1v) is 11.1. The minimum absolute atomic E-state index is 0.0164. The van der Waals surface area contributed by atoms with Crippen LogP contribution in [0.15, 0.2) is 30.5 Å². The van der Waals surface area contributed by atoms with Crippen LogP contribution in [0.3, 0.4) is 0 Å². The number of rotatable bonds is 5. The van der Waals surface area contributed by atoms with Crippen molar-refractivity contribution in [2.75, 3.05) is 26.7 Å². The summed E-state index contributed by atoms with van der Waals surface area (Å²) in [6, 6.07) is 8.25. The van der Waals surface area contributed by atoms with Crippen LogP contribution in [0.4, 0.5) is 0 Å². The van der Waals surface area contributed by atoms with Gasteiger partial charge in [-0.05, 0) is 31.7 Å². The molecule has 4 rings (SSSR count). The van der Waals surface area contributed by atoms with Crippen LogP contribution in [0.5, 0.6) is 0 Å². The molecule has 0 N–H and O–H groups in total. The third-order valence-corrected chi connectivity index (χ3v) is 6.37. The zero-order valence-electron chi connectivity index (χ0n) is 18.4. The Hall–Kier alpha value is -2.74. The van der Waals surface area contributed by atoms with E-state index in [-0.39, 0.29) is 23.7 Å². The Morgan fingerprint density at radius 1 is 1.10 bits per heavy atom. The van der Waals surface area contributed by atoms with E-state index < -0.39 is 5.97 Å². The molecule has 2 saturated heterocycles. The van der Waals surface area contributed by atoms with Gasteiger partial charge in [-0.1, -0.05) is 47.9 Å². The van der Waals surface area contributed by atoms with E-state index in [0.717, 1.165) is 25.9 Å². The van der Waals surface area contributed by atoms with Crippen LogP contribution >= 0.6 is 0 Å². The van der Waals surface area contributed by atoms with Crippen molar-refractivity contribution in [1.82, 2.24) is 24.8 Å². The molecule has 8 heteroatoms. The Labute approximate surface area is 183 Å². The average molecular weight is 426 g/mol. The standard InChI is InChI=1S/C23H31N5O3/c1-17-7-9-18(10-8-17)14-27-15-19(28-16-20(24-25-28)23(30)31-2)13-21(27)22(29)26-11-5-3-4-6-12-26/h7-10,16,19,21H,3-6,11-15H2,1-2H3/t19-,21+/m1/s1. The minimum atomic E-state index is -0.502. The predicted molar refractivity (Wildman–Crippen MR) is 115 cm³/mol. The maximum absolute atomic E-state index is 13.5. The number of methoxy groups -OCH3 is 1. The van der Waals surface area contributed by atoms with Crippen molar-refractivity contribution in [1.29, 1.82) is 0 Å². The number of likely N-dealkylation sites (tertiary alicyclic amines) is 2. The molecule has 2 aliphatic rings. The Balaban J connectivity index is 1.54. The van der Waals surface area contributed by atoms with Gasteiger partial charge in [0.05, 0.1) is 25.4 Å². The first kappa shape index (κ1) is 21.5. The highest BCUT2D eigenvalue weighted by Crippen LogP contribution is 2.30. The highest BCUT2D eigenvalue weighted by Gasteiger charge is 2.40. The number of carbonyl (C=O) groups excluding carboxylic acids is 2. The number of aromatic nitrogens is 3. The Bertz CT molecular complexity index is 902. The summed E-state index contributed by atoms with van der Waals surface area (Å²) >= 11 is 0. The quantitative estimate of drug-likeness (QED) is 0.685. The molecular formula is C23H31N5O3. The van der Waals surface area contributed by atoms with Crippen LogP contribution < -0.4 is 0 Å². The highest BCUT2D eigenvalue weighted by molar-refractivity contribution is 5.86. The fraction of sp³-hybridized carbons (Fsp3) is 0.565. The lowest BCUT2D eigenvalue weighted by atomic mass is 10.1. The van der Waals surface area contributed by atoms with Gasteiger partial charge in [-0.15, -0.1) is 5.10 Å². The molecule has 31 heavy (non-hydrogen) atoms. The van der Waals surface area contributed by atoms with Crippen molar-refractivity contribution in [2.24, 2.45) is 0 Å². The van der Waals surface area contributed by atoms with Crippen LogP contribution in [0.1, 0.15) is 59.8 Å². The molecule has 2 atom stereocenters. The van der Waals surface area contributed by atoms with E-state index in [1.807, 2.05) is 4.90 Å². The summed E-state index contributed by atoms with van der Waals surface area (Å²) in [5.74, 6) is -0.289. The van der Waals surface area contributed by atoms with Crippen LogP contribution in [0.25, 0.3) is 0 Å². The van der Waals surface area contributed by atoms with Gasteiger partial charge in [-0.3, -0.25) is 9.69 Å². The number of nitrogens with zero attached hydrogens (tertiary/aromatic N) is 5. The fourth-order valence-electron chi connectivity index (χ4n) is 4.59. The fourth-order valence-corrected chi connectivity index (χ4v) is 4.59. The van der Waals surface area contributed by atoms with Crippen molar-refractivity contribution in [3.63, 3.8) is 0 Å². The second-order valence-corrected chi connectivity index (χ2v) is 8.64. The molecule has 0 radical (unpaired) electrons. The Morgan fingerprint density at radius 2 is 1.81 bits per heavy atom. The summed E-state index contributed by atoms with van der Waals surface area (Å²) in [6.45, 7) is 5.15. The summed E-state index contributed by atoms with van der Waals surface area (Å²) in [5.41, 5.74) is 2.60. The first-order valence-electron chi connectivity index (χ1n) is 11.1. The lowest BCUT2D eigenvalue weighted by Crippen LogP contribution is -2.45. The number of hydrogen-bond acceptors (Lipinski definition) is 6. The molecule has 166 valence electrons. The molecule has 1 aromatic carbocycles. The number of carbonyl (C=O) groups is 2. The van der Waals surface area contributed by atoms with Gasteiger partial charge in [0.1, 0.15) is 0 Å². The number of hydrogen-bond donors (Lipinski definition) is 0. The summed E-state index contributed by atoms with van der Waals surface area (Å²) in [4.78, 5) is 29.6. The summed E-state index contributed by atoms with van der Waals surface area (Å²) in [7, 11) is 1.33. The maximum Gasteiger partial charge on any atom is 0.360 e. The van der Waals surface area contributed by atoms with E-state index in [1.165, 1.54) is 31.1 Å². The molecule has 0 unspecified atom stereocenters. The third-order valence-electron chi connectivity index (χ3n) is 6.37. The molecule has 3 heterocycles. The van der Waals surface area contributed by atoms with Crippen molar-refractivity contribution < 1.29 is 14.3 Å². The Kier molecular flexibility index (Phi) is 6.65. The number of amides is 1. The molecular weight excluding hydrogens is 394 g/mol. The number of benzene rings is 1. The zero-order valence-corrected chi connectivity index (χ0v) is 18.4. The van der Waals surface area contributed by atoms with Crippen molar-refractivity contribution in [3.8, 4) is 0 Å². The molecule has 0 saturated carbocycles. The Morgan fingerprint density at radius 3 is 2.48 bits per heavy atom. The van der Waals surface area contributed by atoms with Gasteiger partial charge in [0.15, 0.2) is 5.69 Å². The van der Waals surface area contributed by atoms with Crippen molar-refractivity contribution in [3.05, 3.63) is 47.3 Å². The predicted octanol–water partition coefficient (Wildman–Crippen LogP) is 2.59. The van der Waals surface area contributed by atoms with Gasteiger partial charge >= 0.3 is 5.97 Å². The SMILES string of the molecule is COC(=O)c1cn([C@@H]2C[C@@H](C(=O)N3CCCCCC3)N(Cc3ccc(C)cc3)C2)nn1.